The predicted molar refractivity (Wildman–Crippen MR) is 59.1 cm³/mol. The van der Waals surface area contributed by atoms with Crippen molar-refractivity contribution in [3.05, 3.63) is 29.8 Å². The van der Waals surface area contributed by atoms with Gasteiger partial charge in [-0.3, -0.25) is 0 Å². The Morgan fingerprint density at radius 3 is 2.93 bits per heavy atom. The van der Waals surface area contributed by atoms with Gasteiger partial charge in [0.1, 0.15) is 0 Å². The van der Waals surface area contributed by atoms with E-state index in [-0.39, 0.29) is 0 Å². The molecule has 0 aliphatic carbocycles. The van der Waals surface area contributed by atoms with E-state index < -0.39 is 0 Å². The number of hydrogen-bond acceptors (Lipinski definition) is 3. The number of isocyanates is 1. The van der Waals surface area contributed by atoms with Crippen molar-refractivity contribution in [2.45, 2.75) is 12.3 Å². The first kappa shape index (κ1) is 10.1. The molecule has 1 aliphatic rings. The van der Waals surface area contributed by atoms with Crippen LogP contribution in [0.15, 0.2) is 29.3 Å². The van der Waals surface area contributed by atoms with Crippen LogP contribution in [0.1, 0.15) is 17.9 Å². The van der Waals surface area contributed by atoms with Crippen LogP contribution in [-0.4, -0.2) is 31.1 Å². The third-order valence-electron chi connectivity index (χ3n) is 2.93. The van der Waals surface area contributed by atoms with E-state index in [1.165, 1.54) is 5.56 Å². The second-order valence-corrected chi connectivity index (χ2v) is 4.01. The Morgan fingerprint density at radius 2 is 2.27 bits per heavy atom. The topological polar surface area (TPSA) is 32.7 Å². The molecule has 3 nitrogen and oxygen atoms in total. The van der Waals surface area contributed by atoms with Crippen LogP contribution in [0, 0.1) is 0 Å². The summed E-state index contributed by atoms with van der Waals surface area (Å²) in [6.45, 7) is 2.16. The third-order valence-corrected chi connectivity index (χ3v) is 2.93. The molecular weight excluding hydrogens is 188 g/mol. The molecule has 0 saturated carbocycles. The molecular formula is C12H14N2O. The van der Waals surface area contributed by atoms with Gasteiger partial charge in [-0.2, -0.15) is 4.99 Å². The normalized spacial score (nSPS) is 21.3. The number of likely N-dealkylation sites (N-methyl/N-ethyl adjacent to an activating group) is 1. The van der Waals surface area contributed by atoms with E-state index in [4.69, 9.17) is 0 Å². The molecule has 1 aromatic rings. The Morgan fingerprint density at radius 1 is 1.47 bits per heavy atom. The van der Waals surface area contributed by atoms with Crippen LogP contribution in [0.3, 0.4) is 0 Å². The molecule has 2 rings (SSSR count). The zero-order valence-electron chi connectivity index (χ0n) is 8.81. The monoisotopic (exact) mass is 202 g/mol. The fourth-order valence-electron chi connectivity index (χ4n) is 2.17. The summed E-state index contributed by atoms with van der Waals surface area (Å²) in [5, 5.41) is 0. The van der Waals surface area contributed by atoms with Crippen LogP contribution in [0.25, 0.3) is 0 Å². The van der Waals surface area contributed by atoms with Crippen LogP contribution >= 0.6 is 0 Å². The quantitative estimate of drug-likeness (QED) is 0.543. The maximum Gasteiger partial charge on any atom is 0.240 e. The maximum absolute atomic E-state index is 10.3. The first-order chi connectivity index (χ1) is 7.31. The number of nitrogens with zero attached hydrogens (tertiary/aromatic N) is 2. The number of aliphatic imine (C=N–C) groups is 1. The first-order valence-electron chi connectivity index (χ1n) is 5.16. The molecule has 0 spiro atoms. The fraction of sp³-hybridized carbons (Fsp3) is 0.417. The standard InChI is InChI=1S/C12H14N2O/c1-14-7-6-10(8-14)11-4-2-3-5-12(11)13-9-15/h2-5,10H,6-8H2,1H3. The molecule has 1 atom stereocenters. The lowest BCUT2D eigenvalue weighted by molar-refractivity contribution is 0.411. The summed E-state index contributed by atoms with van der Waals surface area (Å²) in [7, 11) is 2.12. The van der Waals surface area contributed by atoms with Gasteiger partial charge >= 0.3 is 0 Å². The van der Waals surface area contributed by atoms with Crippen LogP contribution in [0.2, 0.25) is 0 Å². The average Bonchev–Trinajstić information content (AvgIpc) is 2.66. The minimum Gasteiger partial charge on any atom is -0.306 e. The first-order valence-corrected chi connectivity index (χ1v) is 5.16. The highest BCUT2D eigenvalue weighted by Crippen LogP contribution is 2.32. The molecule has 3 heteroatoms. The summed E-state index contributed by atoms with van der Waals surface area (Å²) in [6.07, 6.45) is 2.76. The van der Waals surface area contributed by atoms with Crippen molar-refractivity contribution in [2.24, 2.45) is 4.99 Å². The summed E-state index contributed by atoms with van der Waals surface area (Å²) in [6, 6.07) is 7.83. The SMILES string of the molecule is CN1CCC(c2ccccc2N=C=O)C1. The zero-order chi connectivity index (χ0) is 10.7. The van der Waals surface area contributed by atoms with E-state index in [9.17, 15) is 4.79 Å². The summed E-state index contributed by atoms with van der Waals surface area (Å²) >= 11 is 0. The molecule has 78 valence electrons. The highest BCUT2D eigenvalue weighted by molar-refractivity contribution is 5.55. The highest BCUT2D eigenvalue weighted by Gasteiger charge is 2.22. The lowest BCUT2D eigenvalue weighted by Crippen LogP contribution is -2.13. The summed E-state index contributed by atoms with van der Waals surface area (Å²) in [4.78, 5) is 16.4. The van der Waals surface area contributed by atoms with Gasteiger partial charge in [-0.05, 0) is 37.6 Å². The second kappa shape index (κ2) is 4.39. The molecule has 15 heavy (non-hydrogen) atoms. The Labute approximate surface area is 89.4 Å². The van der Waals surface area contributed by atoms with Crippen molar-refractivity contribution in [3.8, 4) is 0 Å². The summed E-state index contributed by atoms with van der Waals surface area (Å²) in [5.74, 6) is 0.503. The summed E-state index contributed by atoms with van der Waals surface area (Å²) < 4.78 is 0. The number of rotatable bonds is 2. The molecule has 0 bridgehead atoms. The van der Waals surface area contributed by atoms with Gasteiger partial charge in [0.05, 0.1) is 5.69 Å². The number of benzene rings is 1. The number of carbonyl (C=O) groups excluding carboxylic acids is 1. The van der Waals surface area contributed by atoms with Crippen molar-refractivity contribution < 1.29 is 4.79 Å². The molecule has 1 heterocycles. The highest BCUT2D eigenvalue weighted by atomic mass is 16.1. The van der Waals surface area contributed by atoms with Gasteiger partial charge in [-0.15, -0.1) is 0 Å². The fourth-order valence-corrected chi connectivity index (χ4v) is 2.17. The number of likely N-dealkylation sites (tertiary alicyclic amines) is 1. The van der Waals surface area contributed by atoms with E-state index in [2.05, 4.69) is 23.0 Å². The number of hydrogen-bond donors (Lipinski definition) is 0. The van der Waals surface area contributed by atoms with Gasteiger partial charge in [0, 0.05) is 6.54 Å². The lowest BCUT2D eigenvalue weighted by atomic mass is 9.97. The van der Waals surface area contributed by atoms with Gasteiger partial charge in [0.2, 0.25) is 6.08 Å². The Bertz CT molecular complexity index is 396. The van der Waals surface area contributed by atoms with Crippen molar-refractivity contribution in [1.82, 2.24) is 4.90 Å². The Balaban J connectivity index is 2.30. The second-order valence-electron chi connectivity index (χ2n) is 4.01. The van der Waals surface area contributed by atoms with Crippen LogP contribution in [-0.2, 0) is 4.79 Å². The predicted octanol–water partition coefficient (Wildman–Crippen LogP) is 2.07. The van der Waals surface area contributed by atoms with Gasteiger partial charge in [-0.1, -0.05) is 18.2 Å². The van der Waals surface area contributed by atoms with Gasteiger partial charge in [0.25, 0.3) is 0 Å². The van der Waals surface area contributed by atoms with Crippen LogP contribution in [0.5, 0.6) is 0 Å². The minimum absolute atomic E-state index is 0.503. The van der Waals surface area contributed by atoms with Crippen molar-refractivity contribution in [1.29, 1.82) is 0 Å². The smallest absolute Gasteiger partial charge is 0.240 e. The minimum atomic E-state index is 0.503. The van der Waals surface area contributed by atoms with Crippen molar-refractivity contribution >= 4 is 11.8 Å². The molecule has 1 unspecified atom stereocenters. The van der Waals surface area contributed by atoms with Gasteiger partial charge in [0.15, 0.2) is 0 Å². The molecule has 1 saturated heterocycles. The van der Waals surface area contributed by atoms with E-state index in [0.29, 0.717) is 5.92 Å². The molecule has 0 radical (unpaired) electrons. The molecule has 0 aromatic heterocycles. The summed E-state index contributed by atoms with van der Waals surface area (Å²) in [5.41, 5.74) is 1.94. The lowest BCUT2D eigenvalue weighted by Gasteiger charge is -2.12. The zero-order valence-corrected chi connectivity index (χ0v) is 8.81. The average molecular weight is 202 g/mol. The third kappa shape index (κ3) is 2.14. The van der Waals surface area contributed by atoms with E-state index in [0.717, 1.165) is 25.2 Å². The van der Waals surface area contributed by atoms with Crippen LogP contribution < -0.4 is 0 Å². The van der Waals surface area contributed by atoms with E-state index >= 15 is 0 Å². The maximum atomic E-state index is 10.3. The van der Waals surface area contributed by atoms with E-state index in [1.807, 2.05) is 18.2 Å². The molecule has 1 aliphatic heterocycles. The number of para-hydroxylation sites is 1. The molecule has 1 aromatic carbocycles. The Hall–Kier alpha value is -1.44. The largest absolute Gasteiger partial charge is 0.306 e. The molecule has 1 fully saturated rings. The van der Waals surface area contributed by atoms with Crippen molar-refractivity contribution in [3.63, 3.8) is 0 Å². The van der Waals surface area contributed by atoms with Gasteiger partial charge < -0.3 is 4.90 Å². The van der Waals surface area contributed by atoms with Gasteiger partial charge in [-0.25, -0.2) is 4.79 Å². The van der Waals surface area contributed by atoms with Crippen LogP contribution in [0.4, 0.5) is 5.69 Å². The molecule has 0 amide bonds. The molecule has 0 N–H and O–H groups in total. The van der Waals surface area contributed by atoms with Crippen molar-refractivity contribution in [2.75, 3.05) is 20.1 Å². The Kier molecular flexibility index (Phi) is 2.95. The van der Waals surface area contributed by atoms with E-state index in [1.54, 1.807) is 6.08 Å².